The topological polar surface area (TPSA) is 46.6 Å². The van der Waals surface area contributed by atoms with Crippen LogP contribution in [0.4, 0.5) is 0 Å². The predicted octanol–water partition coefficient (Wildman–Crippen LogP) is 2.33. The molecule has 6 heteroatoms. The summed E-state index contributed by atoms with van der Waals surface area (Å²) in [6, 6.07) is 4.95. The van der Waals surface area contributed by atoms with E-state index < -0.39 is 10.8 Å². The first kappa shape index (κ1) is 15.3. The van der Waals surface area contributed by atoms with Gasteiger partial charge in [-0.15, -0.1) is 0 Å². The smallest absolute Gasteiger partial charge is 0.254 e. The van der Waals surface area contributed by atoms with E-state index in [2.05, 4.69) is 0 Å². The van der Waals surface area contributed by atoms with E-state index in [0.29, 0.717) is 28.6 Å². The Morgan fingerprint density at radius 1 is 1.45 bits per heavy atom. The molecular weight excluding hydrogens is 298 g/mol. The number of hydrogen-bond donors (Lipinski definition) is 0. The van der Waals surface area contributed by atoms with Gasteiger partial charge in [-0.1, -0.05) is 11.6 Å². The molecule has 4 nitrogen and oxygen atoms in total. The van der Waals surface area contributed by atoms with Crippen molar-refractivity contribution < 1.29 is 13.7 Å². The molecule has 110 valence electrons. The van der Waals surface area contributed by atoms with Crippen LogP contribution in [0.5, 0.6) is 5.75 Å². The van der Waals surface area contributed by atoms with Crippen molar-refractivity contribution in [3.8, 4) is 5.75 Å². The van der Waals surface area contributed by atoms with E-state index in [0.717, 1.165) is 0 Å². The fraction of sp³-hybridized carbons (Fsp3) is 0.500. The summed E-state index contributed by atoms with van der Waals surface area (Å²) >= 11 is 5.97. The monoisotopic (exact) mass is 315 g/mol. The van der Waals surface area contributed by atoms with Crippen molar-refractivity contribution >= 4 is 28.3 Å². The molecule has 0 radical (unpaired) electrons. The maximum absolute atomic E-state index is 12.6. The van der Waals surface area contributed by atoms with Crippen molar-refractivity contribution in [3.05, 3.63) is 28.8 Å². The van der Waals surface area contributed by atoms with Crippen LogP contribution in [-0.2, 0) is 10.8 Å². The molecule has 1 aromatic carbocycles. The molecule has 1 heterocycles. The van der Waals surface area contributed by atoms with Crippen molar-refractivity contribution in [3.63, 3.8) is 0 Å². The van der Waals surface area contributed by atoms with Crippen LogP contribution in [0.25, 0.3) is 0 Å². The Hall–Kier alpha value is -1.07. The summed E-state index contributed by atoms with van der Waals surface area (Å²) in [7, 11) is 0.660. The maximum atomic E-state index is 12.6. The average molecular weight is 316 g/mol. The fourth-order valence-corrected chi connectivity index (χ4v) is 3.83. The molecule has 1 aliphatic heterocycles. The number of amides is 1. The van der Waals surface area contributed by atoms with Crippen molar-refractivity contribution in [2.45, 2.75) is 25.1 Å². The zero-order valence-electron chi connectivity index (χ0n) is 11.8. The van der Waals surface area contributed by atoms with Gasteiger partial charge in [0.1, 0.15) is 5.75 Å². The normalized spacial score (nSPS) is 26.4. The number of halogens is 1. The molecule has 0 N–H and O–H groups in total. The summed E-state index contributed by atoms with van der Waals surface area (Å²) in [5.41, 5.74) is 0.540. The van der Waals surface area contributed by atoms with Gasteiger partial charge in [0.2, 0.25) is 0 Å². The number of ether oxygens (including phenoxy) is 1. The molecule has 1 fully saturated rings. The van der Waals surface area contributed by atoms with Gasteiger partial charge in [0.25, 0.3) is 5.91 Å². The summed E-state index contributed by atoms with van der Waals surface area (Å²) in [5, 5.41) is 0.465. The first-order valence-electron chi connectivity index (χ1n) is 6.47. The summed E-state index contributed by atoms with van der Waals surface area (Å²) in [4.78, 5) is 14.3. The second-order valence-corrected chi connectivity index (χ2v) is 7.20. The second kappa shape index (κ2) is 6.14. The lowest BCUT2D eigenvalue weighted by Gasteiger charge is -2.37. The Morgan fingerprint density at radius 3 is 2.80 bits per heavy atom. The van der Waals surface area contributed by atoms with Gasteiger partial charge < -0.3 is 9.64 Å². The first-order chi connectivity index (χ1) is 9.45. The molecule has 0 bridgehead atoms. The van der Waals surface area contributed by atoms with Gasteiger partial charge in [0.05, 0.1) is 17.4 Å². The van der Waals surface area contributed by atoms with Crippen LogP contribution in [-0.4, -0.2) is 45.7 Å². The van der Waals surface area contributed by atoms with Gasteiger partial charge in [-0.3, -0.25) is 9.00 Å². The van der Waals surface area contributed by atoms with E-state index in [1.54, 1.807) is 23.1 Å². The molecular formula is C14H18ClNO3S. The van der Waals surface area contributed by atoms with Crippen molar-refractivity contribution in [1.82, 2.24) is 4.90 Å². The molecule has 1 aromatic rings. The standard InChI is InChI=1S/C14H18ClNO3S/c1-9-10(2)20(18)7-6-16(9)14(17)11-4-5-12(15)13(8-11)19-3/h4-5,8-10H,6-7H2,1-3H3/t9-,10-,20+/m1/s1. The molecule has 0 aromatic heterocycles. The van der Waals surface area contributed by atoms with E-state index in [1.165, 1.54) is 7.11 Å². The number of benzene rings is 1. The lowest BCUT2D eigenvalue weighted by atomic mass is 10.1. The Balaban J connectivity index is 2.25. The van der Waals surface area contributed by atoms with Crippen LogP contribution in [0.15, 0.2) is 18.2 Å². The molecule has 0 unspecified atom stereocenters. The molecule has 1 saturated heterocycles. The molecule has 20 heavy (non-hydrogen) atoms. The SMILES string of the molecule is COc1cc(C(=O)N2CC[S@](=O)[C@H](C)[C@H]2C)ccc1Cl. The largest absolute Gasteiger partial charge is 0.495 e. The second-order valence-electron chi connectivity index (χ2n) is 4.88. The molecule has 0 saturated carbocycles. The van der Waals surface area contributed by atoms with E-state index >= 15 is 0 Å². The number of nitrogens with zero attached hydrogens (tertiary/aromatic N) is 1. The zero-order valence-corrected chi connectivity index (χ0v) is 13.3. The highest BCUT2D eigenvalue weighted by Gasteiger charge is 2.33. The summed E-state index contributed by atoms with van der Waals surface area (Å²) in [6.45, 7) is 4.37. The molecule has 0 spiro atoms. The minimum Gasteiger partial charge on any atom is -0.495 e. The number of hydrogen-bond acceptors (Lipinski definition) is 3. The van der Waals surface area contributed by atoms with Gasteiger partial charge in [-0.2, -0.15) is 0 Å². The summed E-state index contributed by atoms with van der Waals surface area (Å²) in [6.07, 6.45) is 0. The molecule has 3 atom stereocenters. The highest BCUT2D eigenvalue weighted by Crippen LogP contribution is 2.27. The van der Waals surface area contributed by atoms with Crippen molar-refractivity contribution in [1.29, 1.82) is 0 Å². The number of carbonyl (C=O) groups is 1. The van der Waals surface area contributed by atoms with Crippen molar-refractivity contribution in [2.24, 2.45) is 0 Å². The van der Waals surface area contributed by atoms with E-state index in [1.807, 2.05) is 13.8 Å². The van der Waals surface area contributed by atoms with Crippen LogP contribution in [0, 0.1) is 0 Å². The lowest BCUT2D eigenvalue weighted by Crippen LogP contribution is -2.52. The minimum atomic E-state index is -0.858. The summed E-state index contributed by atoms with van der Waals surface area (Å²) < 4.78 is 16.9. The number of carbonyl (C=O) groups excluding carboxylic acids is 1. The van der Waals surface area contributed by atoms with Gasteiger partial charge in [-0.05, 0) is 32.0 Å². The van der Waals surface area contributed by atoms with Crippen LogP contribution < -0.4 is 4.74 Å². The predicted molar refractivity (Wildman–Crippen MR) is 81.0 cm³/mol. The van der Waals surface area contributed by atoms with E-state index in [9.17, 15) is 9.00 Å². The van der Waals surface area contributed by atoms with Crippen LogP contribution in [0.2, 0.25) is 5.02 Å². The lowest BCUT2D eigenvalue weighted by molar-refractivity contribution is 0.0695. The van der Waals surface area contributed by atoms with Crippen LogP contribution >= 0.6 is 11.6 Å². The van der Waals surface area contributed by atoms with Crippen LogP contribution in [0.1, 0.15) is 24.2 Å². The third-order valence-corrected chi connectivity index (χ3v) is 5.90. The Bertz CT molecular complexity index is 549. The zero-order chi connectivity index (χ0) is 14.9. The van der Waals surface area contributed by atoms with Crippen molar-refractivity contribution in [2.75, 3.05) is 19.4 Å². The minimum absolute atomic E-state index is 0.0121. The van der Waals surface area contributed by atoms with E-state index in [4.69, 9.17) is 16.3 Å². The quantitative estimate of drug-likeness (QED) is 0.841. The van der Waals surface area contributed by atoms with Gasteiger partial charge >= 0.3 is 0 Å². The Kier molecular flexibility index (Phi) is 4.70. The van der Waals surface area contributed by atoms with Gasteiger partial charge in [0.15, 0.2) is 0 Å². The Labute approximate surface area is 126 Å². The van der Waals surface area contributed by atoms with Gasteiger partial charge in [-0.25, -0.2) is 0 Å². The average Bonchev–Trinajstić information content (AvgIpc) is 2.45. The summed E-state index contributed by atoms with van der Waals surface area (Å²) in [5.74, 6) is 0.942. The number of methoxy groups -OCH3 is 1. The highest BCUT2D eigenvalue weighted by atomic mass is 35.5. The van der Waals surface area contributed by atoms with Gasteiger partial charge in [0, 0.05) is 34.7 Å². The molecule has 2 rings (SSSR count). The van der Waals surface area contributed by atoms with Crippen LogP contribution in [0.3, 0.4) is 0 Å². The fourth-order valence-electron chi connectivity index (χ4n) is 2.30. The highest BCUT2D eigenvalue weighted by molar-refractivity contribution is 7.85. The van der Waals surface area contributed by atoms with E-state index in [-0.39, 0.29) is 17.2 Å². The first-order valence-corrected chi connectivity index (χ1v) is 8.23. The Morgan fingerprint density at radius 2 is 2.15 bits per heavy atom. The third-order valence-electron chi connectivity index (χ3n) is 3.78. The maximum Gasteiger partial charge on any atom is 0.254 e. The molecule has 1 amide bonds. The number of rotatable bonds is 2. The molecule has 1 aliphatic rings. The third kappa shape index (κ3) is 2.83. The molecule has 0 aliphatic carbocycles.